The lowest BCUT2D eigenvalue weighted by atomic mass is 10.1. The van der Waals surface area contributed by atoms with E-state index in [4.69, 9.17) is 25.4 Å². The monoisotopic (exact) mass is 389 g/mol. The molecule has 1 aliphatic rings. The van der Waals surface area contributed by atoms with Crippen LogP contribution in [0.5, 0.6) is 5.75 Å². The minimum absolute atomic E-state index is 0.230. The fourth-order valence-corrected chi connectivity index (χ4v) is 2.88. The summed E-state index contributed by atoms with van der Waals surface area (Å²) in [6.07, 6.45) is 1.71. The molecule has 8 heteroatoms. The zero-order valence-corrected chi connectivity index (χ0v) is 17.0. The lowest BCUT2D eigenvalue weighted by Gasteiger charge is -2.39. The molecule has 0 spiro atoms. The lowest BCUT2D eigenvalue weighted by molar-refractivity contribution is -0.0675. The molecule has 0 amide bonds. The molecule has 1 aliphatic heterocycles. The Hall–Kier alpha value is -2.58. The molecular formula is C20H31N5O3. The van der Waals surface area contributed by atoms with E-state index in [0.29, 0.717) is 42.5 Å². The summed E-state index contributed by atoms with van der Waals surface area (Å²) in [6, 6.07) is 5.28. The Bertz CT molecular complexity index is 718. The fourth-order valence-electron chi connectivity index (χ4n) is 2.88. The van der Waals surface area contributed by atoms with Crippen molar-refractivity contribution in [2.75, 3.05) is 52.3 Å². The van der Waals surface area contributed by atoms with Crippen LogP contribution in [0, 0.1) is 5.41 Å². The maximum atomic E-state index is 8.34. The van der Waals surface area contributed by atoms with Crippen molar-refractivity contribution in [3.8, 4) is 5.75 Å². The third-order valence-corrected chi connectivity index (χ3v) is 4.29. The topological polar surface area (TPSA) is 105 Å². The van der Waals surface area contributed by atoms with Crippen molar-refractivity contribution in [1.82, 2.24) is 10.3 Å². The number of methoxy groups -OCH3 is 1. The number of amidine groups is 1. The van der Waals surface area contributed by atoms with Gasteiger partial charge in [-0.2, -0.15) is 5.10 Å². The van der Waals surface area contributed by atoms with Crippen molar-refractivity contribution in [3.05, 3.63) is 36.4 Å². The van der Waals surface area contributed by atoms with Crippen LogP contribution in [0.3, 0.4) is 0 Å². The van der Waals surface area contributed by atoms with Gasteiger partial charge in [0.1, 0.15) is 18.2 Å². The predicted octanol–water partition coefficient (Wildman–Crippen LogP) is 1.86. The number of nitrogens with two attached hydrogens (primary N) is 1. The summed E-state index contributed by atoms with van der Waals surface area (Å²) in [4.78, 5) is 2.12. The Morgan fingerprint density at radius 3 is 2.93 bits per heavy atom. The molecule has 0 saturated carbocycles. The smallest absolute Gasteiger partial charge is 0.147 e. The van der Waals surface area contributed by atoms with Gasteiger partial charge in [-0.15, -0.1) is 0 Å². The molecule has 154 valence electrons. The second kappa shape index (κ2) is 10.1. The maximum absolute atomic E-state index is 8.34. The maximum Gasteiger partial charge on any atom is 0.147 e. The average molecular weight is 390 g/mol. The molecule has 0 unspecified atom stereocenters. The summed E-state index contributed by atoms with van der Waals surface area (Å²) in [5.74, 6) is 1.38. The molecule has 1 aromatic rings. The van der Waals surface area contributed by atoms with Crippen LogP contribution in [0.4, 0.5) is 5.69 Å². The van der Waals surface area contributed by atoms with Crippen LogP contribution in [0.25, 0.3) is 0 Å². The summed E-state index contributed by atoms with van der Waals surface area (Å²) < 4.78 is 16.3. The second-order valence-electron chi connectivity index (χ2n) is 7.11. The number of hydrogen-bond donors (Lipinski definition) is 3. The normalized spacial score (nSPS) is 16.5. The van der Waals surface area contributed by atoms with Gasteiger partial charge < -0.3 is 35.7 Å². The number of morpholine rings is 1. The molecule has 1 aromatic carbocycles. The summed E-state index contributed by atoms with van der Waals surface area (Å²) in [7, 11) is 1.62. The number of benzene rings is 1. The molecule has 2 rings (SSSR count). The summed E-state index contributed by atoms with van der Waals surface area (Å²) >= 11 is 0. The number of hydrogen-bond acceptors (Lipinski definition) is 7. The predicted molar refractivity (Wildman–Crippen MR) is 112 cm³/mol. The van der Waals surface area contributed by atoms with E-state index in [1.807, 2.05) is 13.8 Å². The quantitative estimate of drug-likeness (QED) is 0.196. The summed E-state index contributed by atoms with van der Waals surface area (Å²) in [5.41, 5.74) is 10.2. The molecule has 0 atom stereocenters. The van der Waals surface area contributed by atoms with Crippen molar-refractivity contribution in [2.45, 2.75) is 19.4 Å². The van der Waals surface area contributed by atoms with E-state index in [0.717, 1.165) is 18.9 Å². The molecule has 0 radical (unpaired) electrons. The van der Waals surface area contributed by atoms with E-state index >= 15 is 0 Å². The number of anilines is 1. The van der Waals surface area contributed by atoms with Crippen LogP contribution in [0.1, 0.15) is 19.4 Å². The van der Waals surface area contributed by atoms with Gasteiger partial charge in [0.15, 0.2) is 0 Å². The Morgan fingerprint density at radius 2 is 2.25 bits per heavy atom. The van der Waals surface area contributed by atoms with E-state index in [9.17, 15) is 0 Å². The molecule has 1 saturated heterocycles. The van der Waals surface area contributed by atoms with Gasteiger partial charge in [0.25, 0.3) is 0 Å². The first-order valence-corrected chi connectivity index (χ1v) is 9.27. The van der Waals surface area contributed by atoms with Gasteiger partial charge in [-0.25, -0.2) is 0 Å². The van der Waals surface area contributed by atoms with Crippen molar-refractivity contribution < 1.29 is 14.2 Å². The van der Waals surface area contributed by atoms with Crippen LogP contribution in [-0.4, -0.2) is 68.6 Å². The molecular weight excluding hydrogens is 358 g/mol. The standard InChI is InChI=1S/C20H31N5O3/c1-5-19(25-8-9-28-20(2,3)14-25)24-23-13-18(22)16-12-15(6-7-17(16)21)27-11-10-26-4/h5-7,12,22-23H,1,8-11,13-14,21H2,2-4H3/b22-18?,24-19+. The molecule has 28 heavy (non-hydrogen) atoms. The Kier molecular flexibility index (Phi) is 7.83. The molecule has 1 heterocycles. The molecule has 0 bridgehead atoms. The highest BCUT2D eigenvalue weighted by Gasteiger charge is 2.28. The molecule has 4 N–H and O–H groups in total. The number of hydrazone groups is 1. The van der Waals surface area contributed by atoms with Crippen molar-refractivity contribution >= 4 is 17.2 Å². The van der Waals surface area contributed by atoms with Crippen LogP contribution in [0.15, 0.2) is 36.0 Å². The van der Waals surface area contributed by atoms with E-state index in [1.165, 1.54) is 0 Å². The third kappa shape index (κ3) is 6.24. The molecule has 0 aromatic heterocycles. The zero-order chi connectivity index (χ0) is 20.6. The van der Waals surface area contributed by atoms with Gasteiger partial charge in [0.2, 0.25) is 0 Å². The van der Waals surface area contributed by atoms with E-state index in [2.05, 4.69) is 22.0 Å². The van der Waals surface area contributed by atoms with Gasteiger partial charge in [0, 0.05) is 31.5 Å². The van der Waals surface area contributed by atoms with Crippen LogP contribution in [0.2, 0.25) is 0 Å². The minimum atomic E-state index is -0.230. The lowest BCUT2D eigenvalue weighted by Crippen LogP contribution is -2.50. The average Bonchev–Trinajstić information content (AvgIpc) is 2.65. The largest absolute Gasteiger partial charge is 0.491 e. The van der Waals surface area contributed by atoms with Crippen molar-refractivity contribution in [3.63, 3.8) is 0 Å². The van der Waals surface area contributed by atoms with Gasteiger partial charge >= 0.3 is 0 Å². The number of nitrogen functional groups attached to an aromatic ring is 1. The summed E-state index contributed by atoms with van der Waals surface area (Å²) in [5, 5.41) is 12.7. The van der Waals surface area contributed by atoms with Crippen LogP contribution < -0.4 is 15.9 Å². The van der Waals surface area contributed by atoms with Crippen LogP contribution in [-0.2, 0) is 9.47 Å². The zero-order valence-electron chi connectivity index (χ0n) is 17.0. The highest BCUT2D eigenvalue weighted by atomic mass is 16.5. The number of nitrogens with one attached hydrogen (secondary N) is 2. The van der Waals surface area contributed by atoms with Gasteiger partial charge in [-0.05, 0) is 38.1 Å². The Balaban J connectivity index is 1.97. The first kappa shape index (κ1) is 21.7. The number of nitrogens with zero attached hydrogens (tertiary/aromatic N) is 2. The fraction of sp³-hybridized carbons (Fsp3) is 0.500. The van der Waals surface area contributed by atoms with Crippen molar-refractivity contribution in [2.24, 2.45) is 5.10 Å². The number of rotatable bonds is 9. The molecule has 8 nitrogen and oxygen atoms in total. The van der Waals surface area contributed by atoms with E-state index < -0.39 is 0 Å². The first-order valence-electron chi connectivity index (χ1n) is 9.27. The first-order chi connectivity index (χ1) is 13.4. The van der Waals surface area contributed by atoms with Crippen LogP contribution >= 0.6 is 0 Å². The third-order valence-electron chi connectivity index (χ3n) is 4.29. The van der Waals surface area contributed by atoms with E-state index in [1.54, 1.807) is 31.4 Å². The van der Waals surface area contributed by atoms with Gasteiger partial charge in [-0.1, -0.05) is 6.58 Å². The Morgan fingerprint density at radius 1 is 1.46 bits per heavy atom. The van der Waals surface area contributed by atoms with Gasteiger partial charge in [0.05, 0.1) is 31.1 Å². The summed E-state index contributed by atoms with van der Waals surface area (Å²) in [6.45, 7) is 11.2. The molecule has 1 fully saturated rings. The SMILES string of the molecule is C=C/C(=N\NCC(=N)c1cc(OCCOC)ccc1N)N1CCOC(C)(C)C1. The van der Waals surface area contributed by atoms with Crippen molar-refractivity contribution in [1.29, 1.82) is 5.41 Å². The minimum Gasteiger partial charge on any atom is -0.491 e. The number of ether oxygens (including phenoxy) is 3. The highest BCUT2D eigenvalue weighted by Crippen LogP contribution is 2.20. The van der Waals surface area contributed by atoms with E-state index in [-0.39, 0.29) is 12.1 Å². The highest BCUT2D eigenvalue weighted by molar-refractivity contribution is 6.04. The second-order valence-corrected chi connectivity index (χ2v) is 7.11. The molecule has 0 aliphatic carbocycles. The van der Waals surface area contributed by atoms with Gasteiger partial charge in [-0.3, -0.25) is 0 Å². The Labute approximate surface area is 166 Å².